The fourth-order valence-corrected chi connectivity index (χ4v) is 3.27. The van der Waals surface area contributed by atoms with Gasteiger partial charge in [0.15, 0.2) is 11.0 Å². The Hall–Kier alpha value is -2.87. The zero-order valence-electron chi connectivity index (χ0n) is 13.8. The average molecular weight is 355 g/mol. The van der Waals surface area contributed by atoms with Crippen LogP contribution in [0, 0.1) is 13.8 Å². The summed E-state index contributed by atoms with van der Waals surface area (Å²) in [4.78, 5) is 21.4. The first-order chi connectivity index (χ1) is 12.0. The van der Waals surface area contributed by atoms with Gasteiger partial charge in [0.1, 0.15) is 16.8 Å². The van der Waals surface area contributed by atoms with Crippen molar-refractivity contribution in [3.8, 4) is 0 Å². The van der Waals surface area contributed by atoms with Gasteiger partial charge < -0.3 is 15.6 Å². The van der Waals surface area contributed by atoms with E-state index in [9.17, 15) is 4.79 Å². The fraction of sp³-hybridized carbons (Fsp3) is 0.176. The Morgan fingerprint density at radius 3 is 2.60 bits per heavy atom. The summed E-state index contributed by atoms with van der Waals surface area (Å²) >= 11 is 1.23. The first-order valence-electron chi connectivity index (χ1n) is 7.58. The second-order valence-electron chi connectivity index (χ2n) is 5.44. The van der Waals surface area contributed by atoms with E-state index in [0.29, 0.717) is 22.6 Å². The molecule has 1 atom stereocenters. The predicted molar refractivity (Wildman–Crippen MR) is 96.1 cm³/mol. The van der Waals surface area contributed by atoms with Crippen molar-refractivity contribution in [3.63, 3.8) is 0 Å². The minimum absolute atomic E-state index is 0.242. The first-order valence-corrected chi connectivity index (χ1v) is 8.46. The Kier molecular flexibility index (Phi) is 4.99. The number of thioether (sulfide) groups is 1. The molecule has 0 radical (unpaired) electrons. The molecule has 3 N–H and O–H groups in total. The number of anilines is 2. The maximum atomic E-state index is 12.8. The van der Waals surface area contributed by atoms with Gasteiger partial charge in [-0.15, -0.1) is 0 Å². The number of nitrogen functional groups attached to an aromatic ring is 1. The van der Waals surface area contributed by atoms with E-state index in [1.54, 1.807) is 19.1 Å². The molecule has 3 rings (SSSR count). The molecular formula is C17H17N5O2S. The summed E-state index contributed by atoms with van der Waals surface area (Å²) in [7, 11) is 0. The molecule has 1 amide bonds. The van der Waals surface area contributed by atoms with Crippen LogP contribution < -0.4 is 11.1 Å². The third-order valence-electron chi connectivity index (χ3n) is 3.30. The lowest BCUT2D eigenvalue weighted by molar-refractivity contribution is -0.115. The second kappa shape index (κ2) is 7.35. The molecule has 1 aromatic carbocycles. The number of nitrogens with zero attached hydrogens (tertiary/aromatic N) is 3. The molecule has 0 saturated carbocycles. The summed E-state index contributed by atoms with van der Waals surface area (Å²) < 4.78 is 4.99. The number of nitrogens with one attached hydrogen (secondary N) is 1. The van der Waals surface area contributed by atoms with Crippen LogP contribution in [0.4, 0.5) is 11.6 Å². The van der Waals surface area contributed by atoms with Crippen LogP contribution in [0.2, 0.25) is 0 Å². The number of carbonyl (C=O) groups excluding carboxylic acids is 1. The van der Waals surface area contributed by atoms with Crippen molar-refractivity contribution in [2.75, 3.05) is 11.1 Å². The van der Waals surface area contributed by atoms with Gasteiger partial charge in [0.05, 0.1) is 0 Å². The van der Waals surface area contributed by atoms with Crippen LogP contribution in [0.15, 0.2) is 52.1 Å². The van der Waals surface area contributed by atoms with Gasteiger partial charge in [0.2, 0.25) is 5.91 Å². The van der Waals surface area contributed by atoms with Crippen LogP contribution in [0.3, 0.4) is 0 Å². The Morgan fingerprint density at radius 2 is 1.96 bits per heavy atom. The van der Waals surface area contributed by atoms with Crippen molar-refractivity contribution in [2.24, 2.45) is 0 Å². The Balaban J connectivity index is 1.88. The standard InChI is InChI=1S/C17H17N5O2S/c1-10-8-13(18)20-17(19-10)25-15(12-6-4-3-5-7-12)16(23)21-14-9-11(2)24-22-14/h3-9,15H,1-2H3,(H2,18,19,20)(H,21,22,23)/t15-/m1/s1. The monoisotopic (exact) mass is 355 g/mol. The molecule has 8 heteroatoms. The van der Waals surface area contributed by atoms with Crippen LogP contribution in [-0.2, 0) is 4.79 Å². The number of hydrogen-bond acceptors (Lipinski definition) is 7. The minimum atomic E-state index is -0.556. The SMILES string of the molecule is Cc1cc(N)nc(S[C@@H](C(=O)Nc2cc(C)on2)c2ccccc2)n1. The molecule has 0 aliphatic heterocycles. The summed E-state index contributed by atoms with van der Waals surface area (Å²) in [5, 5.41) is 6.45. The first kappa shape index (κ1) is 17.0. The van der Waals surface area contributed by atoms with Gasteiger partial charge in [-0.05, 0) is 19.4 Å². The van der Waals surface area contributed by atoms with Crippen LogP contribution in [0.25, 0.3) is 0 Å². The van der Waals surface area contributed by atoms with Gasteiger partial charge in [0, 0.05) is 17.8 Å². The number of hydrogen-bond donors (Lipinski definition) is 2. The highest BCUT2D eigenvalue weighted by molar-refractivity contribution is 8.00. The van der Waals surface area contributed by atoms with Crippen molar-refractivity contribution in [1.29, 1.82) is 0 Å². The van der Waals surface area contributed by atoms with E-state index in [2.05, 4.69) is 20.4 Å². The highest BCUT2D eigenvalue weighted by atomic mass is 32.2. The summed E-state index contributed by atoms with van der Waals surface area (Å²) in [5.74, 6) is 1.12. The van der Waals surface area contributed by atoms with E-state index in [-0.39, 0.29) is 5.91 Å². The van der Waals surface area contributed by atoms with Crippen molar-refractivity contribution in [1.82, 2.24) is 15.1 Å². The second-order valence-corrected chi connectivity index (χ2v) is 6.51. The summed E-state index contributed by atoms with van der Waals surface area (Å²) in [6.07, 6.45) is 0. The Morgan fingerprint density at radius 1 is 1.20 bits per heavy atom. The van der Waals surface area contributed by atoms with Crippen molar-refractivity contribution >= 4 is 29.3 Å². The van der Waals surface area contributed by atoms with Gasteiger partial charge in [-0.3, -0.25) is 4.79 Å². The van der Waals surface area contributed by atoms with E-state index < -0.39 is 5.25 Å². The average Bonchev–Trinajstić information content (AvgIpc) is 2.97. The quantitative estimate of drug-likeness (QED) is 0.535. The normalized spacial score (nSPS) is 11.9. The van der Waals surface area contributed by atoms with Gasteiger partial charge in [-0.1, -0.05) is 47.3 Å². The lowest BCUT2D eigenvalue weighted by Crippen LogP contribution is -2.19. The third-order valence-corrected chi connectivity index (χ3v) is 4.41. The molecule has 25 heavy (non-hydrogen) atoms. The van der Waals surface area contributed by atoms with E-state index in [1.165, 1.54) is 11.8 Å². The number of aromatic nitrogens is 3. The van der Waals surface area contributed by atoms with Gasteiger partial charge in [-0.2, -0.15) is 0 Å². The lowest BCUT2D eigenvalue weighted by atomic mass is 10.1. The van der Waals surface area contributed by atoms with E-state index in [0.717, 1.165) is 11.3 Å². The summed E-state index contributed by atoms with van der Waals surface area (Å²) in [5.41, 5.74) is 7.36. The number of benzene rings is 1. The molecule has 0 unspecified atom stereocenters. The minimum Gasteiger partial charge on any atom is -0.384 e. The topological polar surface area (TPSA) is 107 Å². The molecule has 2 aromatic heterocycles. The highest BCUT2D eigenvalue weighted by Crippen LogP contribution is 2.34. The largest absolute Gasteiger partial charge is 0.384 e. The van der Waals surface area contributed by atoms with Gasteiger partial charge in [0.25, 0.3) is 0 Å². The van der Waals surface area contributed by atoms with E-state index >= 15 is 0 Å². The molecular weight excluding hydrogens is 338 g/mol. The number of nitrogens with two attached hydrogens (primary N) is 1. The smallest absolute Gasteiger partial charge is 0.243 e. The lowest BCUT2D eigenvalue weighted by Gasteiger charge is -2.15. The summed E-state index contributed by atoms with van der Waals surface area (Å²) in [6, 6.07) is 12.7. The van der Waals surface area contributed by atoms with Gasteiger partial charge in [-0.25, -0.2) is 9.97 Å². The third kappa shape index (κ3) is 4.36. The predicted octanol–water partition coefficient (Wildman–Crippen LogP) is 3.14. The van der Waals surface area contributed by atoms with E-state index in [1.807, 2.05) is 37.3 Å². The molecule has 0 aliphatic rings. The maximum absolute atomic E-state index is 12.8. The van der Waals surface area contributed by atoms with Crippen LogP contribution in [0.5, 0.6) is 0 Å². The van der Waals surface area contributed by atoms with Crippen LogP contribution in [-0.4, -0.2) is 21.0 Å². The molecule has 0 fully saturated rings. The van der Waals surface area contributed by atoms with Crippen LogP contribution >= 0.6 is 11.8 Å². The molecule has 0 bridgehead atoms. The molecule has 2 heterocycles. The maximum Gasteiger partial charge on any atom is 0.243 e. The molecule has 0 aliphatic carbocycles. The van der Waals surface area contributed by atoms with Crippen molar-refractivity contribution in [3.05, 3.63) is 59.5 Å². The molecule has 0 spiro atoms. The van der Waals surface area contributed by atoms with Crippen LogP contribution in [0.1, 0.15) is 22.3 Å². The fourth-order valence-electron chi connectivity index (χ4n) is 2.24. The zero-order valence-corrected chi connectivity index (χ0v) is 14.6. The summed E-state index contributed by atoms with van der Waals surface area (Å²) in [6.45, 7) is 3.59. The van der Waals surface area contributed by atoms with Crippen molar-refractivity contribution in [2.45, 2.75) is 24.3 Å². The number of carbonyl (C=O) groups is 1. The number of amides is 1. The van der Waals surface area contributed by atoms with E-state index in [4.69, 9.17) is 10.3 Å². The van der Waals surface area contributed by atoms with Crippen molar-refractivity contribution < 1.29 is 9.32 Å². The Bertz CT molecular complexity index is 862. The molecule has 128 valence electrons. The molecule has 3 aromatic rings. The zero-order chi connectivity index (χ0) is 17.8. The molecule has 7 nitrogen and oxygen atoms in total. The van der Waals surface area contributed by atoms with Gasteiger partial charge >= 0.3 is 0 Å². The highest BCUT2D eigenvalue weighted by Gasteiger charge is 2.24. The molecule has 0 saturated heterocycles. The number of rotatable bonds is 5. The Labute approximate surface area is 149 Å². The number of aryl methyl sites for hydroxylation is 2.